The molecule has 2 aromatic carbocycles. The van der Waals surface area contributed by atoms with Crippen LogP contribution < -0.4 is 10.5 Å². The Morgan fingerprint density at radius 1 is 0.857 bits per heavy atom. The number of rotatable bonds is 4. The summed E-state index contributed by atoms with van der Waals surface area (Å²) in [5.41, 5.74) is 4.62. The molecule has 1 heterocycles. The Balaban J connectivity index is 1.81. The summed E-state index contributed by atoms with van der Waals surface area (Å²) >= 11 is 0. The van der Waals surface area contributed by atoms with Gasteiger partial charge >= 0.3 is 0 Å². The first-order chi connectivity index (χ1) is 10.3. The maximum Gasteiger partial charge on any atom is 0.242 e. The lowest BCUT2D eigenvalue weighted by molar-refractivity contribution is -0.627. The molecule has 2 heteroatoms. The molecule has 0 aliphatic heterocycles. The number of hydrogen-bond acceptors (Lipinski definition) is 1. The molecule has 1 aromatic heterocycles. The summed E-state index contributed by atoms with van der Waals surface area (Å²) in [6, 6.07) is 24.8. The van der Waals surface area contributed by atoms with Gasteiger partial charge in [0.05, 0.1) is 0 Å². The molecule has 2 nitrogen and oxygen atoms in total. The number of nitrogens with zero attached hydrogens (tertiary/aromatic N) is 1. The Morgan fingerprint density at radius 3 is 2.24 bits per heavy atom. The van der Waals surface area contributed by atoms with E-state index in [1.165, 1.54) is 11.1 Å². The van der Waals surface area contributed by atoms with Crippen LogP contribution in [0, 0.1) is 6.42 Å². The van der Waals surface area contributed by atoms with Crippen molar-refractivity contribution in [3.05, 3.63) is 96.5 Å². The second-order valence-corrected chi connectivity index (χ2v) is 5.01. The Hall–Kier alpha value is -2.61. The summed E-state index contributed by atoms with van der Waals surface area (Å²) in [7, 11) is 0. The van der Waals surface area contributed by atoms with Crippen LogP contribution >= 0.6 is 0 Å². The molecule has 0 fully saturated rings. The summed E-state index contributed by atoms with van der Waals surface area (Å²) in [6.07, 6.45) is 5.05. The highest BCUT2D eigenvalue weighted by atomic mass is 15.3. The Bertz CT molecular complexity index is 706. The molecule has 0 spiro atoms. The van der Waals surface area contributed by atoms with E-state index in [0.717, 1.165) is 17.7 Å². The van der Waals surface area contributed by atoms with Gasteiger partial charge in [0.15, 0.2) is 6.20 Å². The van der Waals surface area contributed by atoms with Crippen molar-refractivity contribution in [2.45, 2.75) is 6.42 Å². The molecule has 3 rings (SSSR count). The minimum atomic E-state index is 0.920. The topological polar surface area (TPSA) is 29.9 Å². The number of benzene rings is 2. The Labute approximate surface area is 125 Å². The normalized spacial score (nSPS) is 10.5. The van der Waals surface area contributed by atoms with E-state index >= 15 is 0 Å². The number of pyridine rings is 1. The van der Waals surface area contributed by atoms with Gasteiger partial charge in [0.2, 0.25) is 5.69 Å². The molecule has 3 aromatic rings. The van der Waals surface area contributed by atoms with E-state index in [1.54, 1.807) is 4.68 Å². The predicted molar refractivity (Wildman–Crippen MR) is 85.8 cm³/mol. The number of nitrogen functional groups attached to an aromatic ring is 1. The maximum atomic E-state index is 6.03. The zero-order valence-electron chi connectivity index (χ0n) is 11.8. The second kappa shape index (κ2) is 6.23. The molecule has 103 valence electrons. The molecule has 21 heavy (non-hydrogen) atoms. The third-order valence-corrected chi connectivity index (χ3v) is 3.49. The quantitative estimate of drug-likeness (QED) is 0.575. The third-order valence-electron chi connectivity index (χ3n) is 3.49. The van der Waals surface area contributed by atoms with Crippen LogP contribution in [0.4, 0.5) is 0 Å². The Morgan fingerprint density at radius 2 is 1.52 bits per heavy atom. The maximum absolute atomic E-state index is 6.03. The fraction of sp³-hybridized carbons (Fsp3) is 0.0526. The molecule has 0 atom stereocenters. The van der Waals surface area contributed by atoms with Crippen LogP contribution in [0.25, 0.3) is 11.3 Å². The molecule has 0 bridgehead atoms. The average molecular weight is 274 g/mol. The van der Waals surface area contributed by atoms with Crippen molar-refractivity contribution in [3.63, 3.8) is 0 Å². The minimum Gasteiger partial charge on any atom is -0.205 e. The fourth-order valence-electron chi connectivity index (χ4n) is 2.35. The lowest BCUT2D eigenvalue weighted by Crippen LogP contribution is -2.46. The lowest BCUT2D eigenvalue weighted by Gasteiger charge is -2.04. The van der Waals surface area contributed by atoms with Gasteiger partial charge < -0.3 is 0 Å². The van der Waals surface area contributed by atoms with Gasteiger partial charge in [0, 0.05) is 17.7 Å². The summed E-state index contributed by atoms with van der Waals surface area (Å²) in [5, 5.41) is 0. The second-order valence-electron chi connectivity index (χ2n) is 5.01. The van der Waals surface area contributed by atoms with Crippen LogP contribution in [0.3, 0.4) is 0 Å². The van der Waals surface area contributed by atoms with Gasteiger partial charge in [-0.05, 0) is 36.1 Å². The van der Waals surface area contributed by atoms with Crippen LogP contribution in [0.1, 0.15) is 11.1 Å². The van der Waals surface area contributed by atoms with E-state index in [9.17, 15) is 0 Å². The molecular weight excluding hydrogens is 256 g/mol. The highest BCUT2D eigenvalue weighted by Gasteiger charge is 2.11. The zero-order chi connectivity index (χ0) is 14.5. The molecule has 0 aliphatic rings. The first kappa shape index (κ1) is 13.4. The number of aromatic nitrogens is 1. The van der Waals surface area contributed by atoms with Crippen LogP contribution in [-0.2, 0) is 6.42 Å². The summed E-state index contributed by atoms with van der Waals surface area (Å²) in [5.74, 6) is 6.03. The molecule has 2 N–H and O–H groups in total. The number of nitrogens with two attached hydrogens (primary N) is 1. The molecule has 0 saturated carbocycles. The highest BCUT2D eigenvalue weighted by molar-refractivity contribution is 5.57. The highest BCUT2D eigenvalue weighted by Crippen LogP contribution is 2.17. The van der Waals surface area contributed by atoms with Gasteiger partial charge in [-0.1, -0.05) is 53.2 Å². The van der Waals surface area contributed by atoms with Gasteiger partial charge in [-0.25, -0.2) is 5.84 Å². The van der Waals surface area contributed by atoms with Gasteiger partial charge in [0.1, 0.15) is 0 Å². The lowest BCUT2D eigenvalue weighted by atomic mass is 10.0. The predicted octanol–water partition coefficient (Wildman–Crippen LogP) is 3.15. The third kappa shape index (κ3) is 3.29. The molecule has 1 radical (unpaired) electrons. The molecule has 0 saturated heterocycles. The van der Waals surface area contributed by atoms with Crippen molar-refractivity contribution in [1.29, 1.82) is 0 Å². The van der Waals surface area contributed by atoms with E-state index in [2.05, 4.69) is 48.9 Å². The van der Waals surface area contributed by atoms with E-state index in [1.807, 2.05) is 36.5 Å². The van der Waals surface area contributed by atoms with Crippen molar-refractivity contribution in [3.8, 4) is 11.3 Å². The largest absolute Gasteiger partial charge is 0.242 e. The molecule has 0 amide bonds. The van der Waals surface area contributed by atoms with Crippen molar-refractivity contribution >= 4 is 0 Å². The van der Waals surface area contributed by atoms with Crippen LogP contribution in [-0.4, -0.2) is 0 Å². The zero-order valence-corrected chi connectivity index (χ0v) is 11.8. The van der Waals surface area contributed by atoms with E-state index in [0.29, 0.717) is 0 Å². The minimum absolute atomic E-state index is 0.920. The first-order valence-electron chi connectivity index (χ1n) is 7.06. The van der Waals surface area contributed by atoms with E-state index < -0.39 is 0 Å². The number of hydrogen-bond donors (Lipinski definition) is 1. The fourth-order valence-corrected chi connectivity index (χ4v) is 2.35. The van der Waals surface area contributed by atoms with Crippen molar-refractivity contribution < 1.29 is 4.68 Å². The monoisotopic (exact) mass is 274 g/mol. The van der Waals surface area contributed by atoms with E-state index in [-0.39, 0.29) is 0 Å². The average Bonchev–Trinajstić information content (AvgIpc) is 2.56. The molecule has 0 aliphatic carbocycles. The molecule has 0 unspecified atom stereocenters. The summed E-state index contributed by atoms with van der Waals surface area (Å²) < 4.78 is 1.66. The van der Waals surface area contributed by atoms with Crippen LogP contribution in [0.5, 0.6) is 0 Å². The van der Waals surface area contributed by atoms with Gasteiger partial charge in [0.25, 0.3) is 0 Å². The van der Waals surface area contributed by atoms with Crippen molar-refractivity contribution in [1.82, 2.24) is 0 Å². The summed E-state index contributed by atoms with van der Waals surface area (Å²) in [6.45, 7) is 0. The Kier molecular flexibility index (Phi) is 3.97. The van der Waals surface area contributed by atoms with Gasteiger partial charge in [-0.15, -0.1) is 0 Å². The molecular formula is C19H18N2+. The first-order valence-corrected chi connectivity index (χ1v) is 7.06. The van der Waals surface area contributed by atoms with Gasteiger partial charge in [-0.3, -0.25) is 0 Å². The van der Waals surface area contributed by atoms with E-state index in [4.69, 9.17) is 5.84 Å². The van der Waals surface area contributed by atoms with Crippen LogP contribution in [0.15, 0.2) is 79.0 Å². The smallest absolute Gasteiger partial charge is 0.205 e. The van der Waals surface area contributed by atoms with Gasteiger partial charge in [-0.2, -0.15) is 0 Å². The van der Waals surface area contributed by atoms with Crippen molar-refractivity contribution in [2.24, 2.45) is 0 Å². The summed E-state index contributed by atoms with van der Waals surface area (Å²) in [4.78, 5) is 0. The van der Waals surface area contributed by atoms with Crippen LogP contribution in [0.2, 0.25) is 0 Å². The van der Waals surface area contributed by atoms with Crippen molar-refractivity contribution in [2.75, 3.05) is 5.84 Å². The SMILES string of the molecule is N[n+]1ccc([CH]Cc2ccccc2)cc1-c1ccccc1. The standard InChI is InChI=1S/C19H18N2/c20-21-14-13-17(12-11-16-7-3-1-4-8-16)15-19(21)18-9-5-2-6-10-18/h1-10,12-15H,11,20H2/q+1.